The summed E-state index contributed by atoms with van der Waals surface area (Å²) in [5.41, 5.74) is 0.703. The number of carboxylic acid groups (broad SMARTS) is 1. The molecule has 1 amide bonds. The molecule has 1 unspecified atom stereocenters. The van der Waals surface area contributed by atoms with Crippen molar-refractivity contribution in [3.63, 3.8) is 0 Å². The molecule has 6 heteroatoms. The SMILES string of the molecule is Cc1nc(C(=O)NCCC2CCOC2)ccc1C(=O)O. The number of carboxylic acids is 1. The Kier molecular flexibility index (Phi) is 4.68. The number of aryl methyl sites for hydroxylation is 1. The number of nitrogens with one attached hydrogen (secondary N) is 1. The van der Waals surface area contributed by atoms with E-state index in [1.54, 1.807) is 6.92 Å². The first-order valence-electron chi connectivity index (χ1n) is 6.65. The minimum Gasteiger partial charge on any atom is -0.478 e. The first-order chi connectivity index (χ1) is 9.58. The van der Waals surface area contributed by atoms with Crippen molar-refractivity contribution in [3.05, 3.63) is 29.1 Å². The van der Waals surface area contributed by atoms with Crippen LogP contribution in [0.3, 0.4) is 0 Å². The molecule has 1 aromatic heterocycles. The Hall–Kier alpha value is -1.95. The Morgan fingerprint density at radius 3 is 2.90 bits per heavy atom. The van der Waals surface area contributed by atoms with E-state index >= 15 is 0 Å². The molecule has 20 heavy (non-hydrogen) atoms. The summed E-state index contributed by atoms with van der Waals surface area (Å²) in [4.78, 5) is 26.8. The van der Waals surface area contributed by atoms with E-state index in [0.717, 1.165) is 26.1 Å². The molecule has 1 atom stereocenters. The van der Waals surface area contributed by atoms with Crippen LogP contribution in [0.5, 0.6) is 0 Å². The second-order valence-corrected chi connectivity index (χ2v) is 4.91. The molecule has 0 radical (unpaired) electrons. The maximum Gasteiger partial charge on any atom is 0.337 e. The second kappa shape index (κ2) is 6.47. The van der Waals surface area contributed by atoms with Crippen molar-refractivity contribution in [1.29, 1.82) is 0 Å². The molecular formula is C14H18N2O4. The number of rotatable bonds is 5. The van der Waals surface area contributed by atoms with Crippen molar-refractivity contribution in [2.45, 2.75) is 19.8 Å². The van der Waals surface area contributed by atoms with E-state index in [-0.39, 0.29) is 17.2 Å². The standard InChI is InChI=1S/C14H18N2O4/c1-9-11(14(18)19)2-3-12(16-9)13(17)15-6-4-10-5-7-20-8-10/h2-3,10H,4-8H2,1H3,(H,15,17)(H,18,19). The fraction of sp³-hybridized carbons (Fsp3) is 0.500. The molecule has 2 N–H and O–H groups in total. The number of nitrogens with zero attached hydrogens (tertiary/aromatic N) is 1. The summed E-state index contributed by atoms with van der Waals surface area (Å²) in [5.74, 6) is -0.800. The predicted molar refractivity (Wildman–Crippen MR) is 71.8 cm³/mol. The second-order valence-electron chi connectivity index (χ2n) is 4.91. The number of aromatic carboxylic acids is 1. The number of carbonyl (C=O) groups excluding carboxylic acids is 1. The molecular weight excluding hydrogens is 260 g/mol. The van der Waals surface area contributed by atoms with Gasteiger partial charge >= 0.3 is 5.97 Å². The van der Waals surface area contributed by atoms with Gasteiger partial charge in [0.25, 0.3) is 5.91 Å². The summed E-state index contributed by atoms with van der Waals surface area (Å²) in [7, 11) is 0. The fourth-order valence-electron chi connectivity index (χ4n) is 2.20. The topological polar surface area (TPSA) is 88.5 Å². The smallest absolute Gasteiger partial charge is 0.337 e. The quantitative estimate of drug-likeness (QED) is 0.846. The van der Waals surface area contributed by atoms with Crippen LogP contribution in [-0.4, -0.2) is 41.7 Å². The van der Waals surface area contributed by atoms with Gasteiger partial charge in [-0.1, -0.05) is 0 Å². The molecule has 1 fully saturated rings. The third kappa shape index (κ3) is 3.54. The van der Waals surface area contributed by atoms with Gasteiger partial charge in [-0.05, 0) is 37.8 Å². The van der Waals surface area contributed by atoms with Gasteiger partial charge in [-0.15, -0.1) is 0 Å². The summed E-state index contributed by atoms with van der Waals surface area (Å²) < 4.78 is 5.27. The summed E-state index contributed by atoms with van der Waals surface area (Å²) in [6.45, 7) is 3.72. The van der Waals surface area contributed by atoms with Gasteiger partial charge in [0.05, 0.1) is 11.3 Å². The van der Waals surface area contributed by atoms with Crippen LogP contribution in [-0.2, 0) is 4.74 Å². The largest absolute Gasteiger partial charge is 0.478 e. The average Bonchev–Trinajstić information content (AvgIpc) is 2.91. The highest BCUT2D eigenvalue weighted by Gasteiger charge is 2.16. The van der Waals surface area contributed by atoms with Gasteiger partial charge in [0.15, 0.2) is 0 Å². The number of pyridine rings is 1. The normalized spacial score (nSPS) is 17.9. The van der Waals surface area contributed by atoms with Gasteiger partial charge in [-0.2, -0.15) is 0 Å². The van der Waals surface area contributed by atoms with E-state index in [1.165, 1.54) is 12.1 Å². The third-order valence-electron chi connectivity index (χ3n) is 3.41. The van der Waals surface area contributed by atoms with E-state index in [4.69, 9.17) is 9.84 Å². The Bertz CT molecular complexity index is 510. The van der Waals surface area contributed by atoms with Crippen molar-refractivity contribution < 1.29 is 19.4 Å². The van der Waals surface area contributed by atoms with Crippen molar-refractivity contribution in [2.75, 3.05) is 19.8 Å². The summed E-state index contributed by atoms with van der Waals surface area (Å²) in [6, 6.07) is 2.84. The number of hydrogen-bond acceptors (Lipinski definition) is 4. The van der Waals surface area contributed by atoms with Crippen molar-refractivity contribution in [3.8, 4) is 0 Å². The van der Waals surface area contributed by atoms with Gasteiger partial charge in [-0.3, -0.25) is 4.79 Å². The number of hydrogen-bond donors (Lipinski definition) is 2. The van der Waals surface area contributed by atoms with Gasteiger partial charge in [0.1, 0.15) is 5.69 Å². The highest BCUT2D eigenvalue weighted by atomic mass is 16.5. The van der Waals surface area contributed by atoms with Gasteiger partial charge < -0.3 is 15.2 Å². The zero-order chi connectivity index (χ0) is 14.5. The third-order valence-corrected chi connectivity index (χ3v) is 3.41. The molecule has 1 saturated heterocycles. The average molecular weight is 278 g/mol. The van der Waals surface area contributed by atoms with E-state index in [2.05, 4.69) is 10.3 Å². The lowest BCUT2D eigenvalue weighted by atomic mass is 10.1. The van der Waals surface area contributed by atoms with Crippen molar-refractivity contribution in [2.24, 2.45) is 5.92 Å². The fourth-order valence-corrected chi connectivity index (χ4v) is 2.20. The molecule has 0 spiro atoms. The molecule has 0 aliphatic carbocycles. The summed E-state index contributed by atoms with van der Waals surface area (Å²) >= 11 is 0. The lowest BCUT2D eigenvalue weighted by Gasteiger charge is -2.09. The Balaban J connectivity index is 1.88. The Labute approximate surface area is 117 Å². The van der Waals surface area contributed by atoms with Crippen molar-refractivity contribution in [1.82, 2.24) is 10.3 Å². The van der Waals surface area contributed by atoms with Crippen LogP contribution in [0.1, 0.15) is 39.4 Å². The van der Waals surface area contributed by atoms with Crippen LogP contribution < -0.4 is 5.32 Å². The van der Waals surface area contributed by atoms with Crippen LogP contribution in [0.25, 0.3) is 0 Å². The highest BCUT2D eigenvalue weighted by molar-refractivity contribution is 5.94. The van der Waals surface area contributed by atoms with Crippen LogP contribution in [0, 0.1) is 12.8 Å². The van der Waals surface area contributed by atoms with E-state index in [1.807, 2.05) is 0 Å². The number of carbonyl (C=O) groups is 2. The van der Waals surface area contributed by atoms with Gasteiger partial charge in [-0.25, -0.2) is 9.78 Å². The Morgan fingerprint density at radius 2 is 2.30 bits per heavy atom. The van der Waals surface area contributed by atoms with Crippen LogP contribution in [0.4, 0.5) is 0 Å². The predicted octanol–water partition coefficient (Wildman–Crippen LogP) is 1.24. The summed E-state index contributed by atoms with van der Waals surface area (Å²) in [6.07, 6.45) is 1.93. The van der Waals surface area contributed by atoms with Crippen LogP contribution >= 0.6 is 0 Å². The number of ether oxygens (including phenoxy) is 1. The number of amides is 1. The minimum absolute atomic E-state index is 0.115. The molecule has 1 aliphatic heterocycles. The Morgan fingerprint density at radius 1 is 1.50 bits per heavy atom. The zero-order valence-electron chi connectivity index (χ0n) is 11.4. The lowest BCUT2D eigenvalue weighted by Crippen LogP contribution is -2.27. The van der Waals surface area contributed by atoms with Crippen LogP contribution in [0.15, 0.2) is 12.1 Å². The minimum atomic E-state index is -1.04. The zero-order valence-corrected chi connectivity index (χ0v) is 11.4. The monoisotopic (exact) mass is 278 g/mol. The summed E-state index contributed by atoms with van der Waals surface area (Å²) in [5, 5.41) is 11.7. The van der Waals surface area contributed by atoms with E-state index in [9.17, 15) is 9.59 Å². The molecule has 0 bridgehead atoms. The first-order valence-corrected chi connectivity index (χ1v) is 6.65. The molecule has 0 saturated carbocycles. The number of aromatic nitrogens is 1. The van der Waals surface area contributed by atoms with Crippen LogP contribution in [0.2, 0.25) is 0 Å². The maximum absolute atomic E-state index is 11.9. The highest BCUT2D eigenvalue weighted by Crippen LogP contribution is 2.15. The maximum atomic E-state index is 11.9. The molecule has 2 heterocycles. The molecule has 1 aromatic rings. The van der Waals surface area contributed by atoms with E-state index < -0.39 is 5.97 Å². The first kappa shape index (κ1) is 14.5. The molecule has 2 rings (SSSR count). The molecule has 6 nitrogen and oxygen atoms in total. The molecule has 1 aliphatic rings. The van der Waals surface area contributed by atoms with E-state index in [0.29, 0.717) is 18.2 Å². The molecule has 108 valence electrons. The van der Waals surface area contributed by atoms with Crippen molar-refractivity contribution >= 4 is 11.9 Å². The van der Waals surface area contributed by atoms with Gasteiger partial charge in [0.2, 0.25) is 0 Å². The molecule has 0 aromatic carbocycles. The van der Waals surface area contributed by atoms with Gasteiger partial charge in [0, 0.05) is 19.8 Å². The lowest BCUT2D eigenvalue weighted by molar-refractivity contribution is 0.0694.